The van der Waals surface area contributed by atoms with Crippen molar-refractivity contribution in [1.82, 2.24) is 4.57 Å². The minimum atomic E-state index is -0.644. The minimum Gasteiger partial charge on any atom is -0.309 e. The summed E-state index contributed by atoms with van der Waals surface area (Å²) < 4.78 is 1.40. The first-order chi connectivity index (χ1) is 8.10. The van der Waals surface area contributed by atoms with E-state index in [9.17, 15) is 14.9 Å². The van der Waals surface area contributed by atoms with E-state index in [0.717, 1.165) is 12.8 Å². The van der Waals surface area contributed by atoms with Crippen LogP contribution in [0.1, 0.15) is 19.8 Å². The zero-order valence-electron chi connectivity index (χ0n) is 9.70. The molecule has 6 heteroatoms. The summed E-state index contributed by atoms with van der Waals surface area (Å²) in [6.45, 7) is 2.55. The highest BCUT2D eigenvalue weighted by atomic mass is 32.1. The smallest absolute Gasteiger partial charge is 0.309 e. The van der Waals surface area contributed by atoms with Gasteiger partial charge in [-0.2, -0.15) is 12.6 Å². The summed E-state index contributed by atoms with van der Waals surface area (Å²) in [6, 6.07) is 2.76. The summed E-state index contributed by atoms with van der Waals surface area (Å²) in [5, 5.41) is 10.6. The van der Waals surface area contributed by atoms with Gasteiger partial charge in [0, 0.05) is 18.8 Å². The Labute approximate surface area is 105 Å². The van der Waals surface area contributed by atoms with E-state index in [1.165, 1.54) is 16.7 Å². The third-order valence-corrected chi connectivity index (χ3v) is 3.12. The Bertz CT molecular complexity index is 445. The van der Waals surface area contributed by atoms with Crippen molar-refractivity contribution in [2.24, 2.45) is 5.92 Å². The van der Waals surface area contributed by atoms with E-state index in [1.54, 1.807) is 6.20 Å². The van der Waals surface area contributed by atoms with Gasteiger partial charge in [0.1, 0.15) is 0 Å². The van der Waals surface area contributed by atoms with Crippen molar-refractivity contribution in [3.63, 3.8) is 0 Å². The molecule has 1 aromatic rings. The molecule has 0 amide bonds. The van der Waals surface area contributed by atoms with Gasteiger partial charge in [-0.15, -0.1) is 0 Å². The van der Waals surface area contributed by atoms with Crippen LogP contribution in [0, 0.1) is 16.0 Å². The second-order valence-electron chi connectivity index (χ2n) is 3.95. The minimum absolute atomic E-state index is 0.267. The lowest BCUT2D eigenvalue weighted by Gasteiger charge is -2.14. The lowest BCUT2D eigenvalue weighted by atomic mass is 10.1. The fraction of sp³-hybridized carbons (Fsp3) is 0.545. The molecule has 1 unspecified atom stereocenters. The van der Waals surface area contributed by atoms with Gasteiger partial charge in [0.05, 0.1) is 4.92 Å². The van der Waals surface area contributed by atoms with Crippen LogP contribution in [0.5, 0.6) is 0 Å². The fourth-order valence-corrected chi connectivity index (χ4v) is 2.03. The molecule has 1 aromatic heterocycles. The van der Waals surface area contributed by atoms with Crippen molar-refractivity contribution in [3.8, 4) is 0 Å². The topological polar surface area (TPSA) is 65.1 Å². The Morgan fingerprint density at radius 2 is 2.29 bits per heavy atom. The molecule has 0 saturated heterocycles. The predicted molar refractivity (Wildman–Crippen MR) is 69.6 cm³/mol. The lowest BCUT2D eigenvalue weighted by molar-refractivity contribution is -0.386. The van der Waals surface area contributed by atoms with Crippen LogP contribution in [0.4, 0.5) is 5.69 Å². The van der Waals surface area contributed by atoms with Crippen LogP contribution in [0.25, 0.3) is 0 Å². The Hall–Kier alpha value is -1.30. The van der Waals surface area contributed by atoms with Gasteiger partial charge in [0.2, 0.25) is 0 Å². The first-order valence-corrected chi connectivity index (χ1v) is 6.18. The Morgan fingerprint density at radius 3 is 2.82 bits per heavy atom. The number of thiol groups is 1. The fourth-order valence-electron chi connectivity index (χ4n) is 1.73. The largest absolute Gasteiger partial charge is 0.334 e. The summed E-state index contributed by atoms with van der Waals surface area (Å²) in [7, 11) is 0. The average molecular weight is 256 g/mol. The first kappa shape index (κ1) is 13.8. The third kappa shape index (κ3) is 3.59. The molecule has 0 aliphatic rings. The number of nitro groups is 1. The van der Waals surface area contributed by atoms with Crippen LogP contribution in [-0.2, 0) is 6.54 Å². The van der Waals surface area contributed by atoms with Gasteiger partial charge in [-0.3, -0.25) is 14.9 Å². The van der Waals surface area contributed by atoms with Gasteiger partial charge in [0.25, 0.3) is 0 Å². The lowest BCUT2D eigenvalue weighted by Crippen LogP contribution is -2.25. The average Bonchev–Trinajstić information content (AvgIpc) is 2.30. The van der Waals surface area contributed by atoms with Crippen molar-refractivity contribution >= 4 is 18.3 Å². The van der Waals surface area contributed by atoms with E-state index in [4.69, 9.17) is 0 Å². The van der Waals surface area contributed by atoms with Crippen LogP contribution < -0.4 is 5.56 Å². The molecular weight excluding hydrogens is 240 g/mol. The summed E-state index contributed by atoms with van der Waals surface area (Å²) in [6.07, 6.45) is 3.55. The molecule has 94 valence electrons. The Balaban J connectivity index is 2.95. The van der Waals surface area contributed by atoms with Gasteiger partial charge in [-0.25, -0.2) is 0 Å². The number of pyridine rings is 1. The summed E-state index contributed by atoms with van der Waals surface area (Å²) in [5.41, 5.74) is -0.915. The highest BCUT2D eigenvalue weighted by Crippen LogP contribution is 2.11. The van der Waals surface area contributed by atoms with Gasteiger partial charge in [-0.1, -0.05) is 13.3 Å². The quantitative estimate of drug-likeness (QED) is 0.481. The summed E-state index contributed by atoms with van der Waals surface area (Å²) in [5.74, 6) is 0.936. The molecule has 1 heterocycles. The van der Waals surface area contributed by atoms with E-state index >= 15 is 0 Å². The van der Waals surface area contributed by atoms with Crippen LogP contribution in [0.2, 0.25) is 0 Å². The Morgan fingerprint density at radius 1 is 1.59 bits per heavy atom. The van der Waals surface area contributed by atoms with Crippen LogP contribution >= 0.6 is 12.6 Å². The number of aromatic nitrogens is 1. The highest BCUT2D eigenvalue weighted by Gasteiger charge is 2.15. The molecule has 1 atom stereocenters. The third-order valence-electron chi connectivity index (χ3n) is 2.61. The van der Waals surface area contributed by atoms with E-state index < -0.39 is 10.5 Å². The van der Waals surface area contributed by atoms with Gasteiger partial charge in [0.15, 0.2) is 0 Å². The van der Waals surface area contributed by atoms with E-state index in [2.05, 4.69) is 19.6 Å². The van der Waals surface area contributed by atoms with Crippen molar-refractivity contribution in [3.05, 3.63) is 38.8 Å². The van der Waals surface area contributed by atoms with E-state index in [1.807, 2.05) is 0 Å². The van der Waals surface area contributed by atoms with Crippen molar-refractivity contribution in [2.75, 3.05) is 5.75 Å². The molecule has 0 aliphatic heterocycles. The number of hydrogen-bond donors (Lipinski definition) is 1. The molecule has 0 fully saturated rings. The monoisotopic (exact) mass is 256 g/mol. The van der Waals surface area contributed by atoms with Gasteiger partial charge >= 0.3 is 11.2 Å². The second kappa shape index (κ2) is 6.44. The molecule has 0 saturated carbocycles. The van der Waals surface area contributed by atoms with E-state index in [0.29, 0.717) is 12.3 Å². The summed E-state index contributed by atoms with van der Waals surface area (Å²) in [4.78, 5) is 21.8. The van der Waals surface area contributed by atoms with Crippen LogP contribution in [0.3, 0.4) is 0 Å². The molecule has 0 aliphatic carbocycles. The zero-order chi connectivity index (χ0) is 12.8. The molecule has 5 nitrogen and oxygen atoms in total. The molecule has 0 aromatic carbocycles. The number of nitrogens with zero attached hydrogens (tertiary/aromatic N) is 2. The molecule has 0 bridgehead atoms. The maximum atomic E-state index is 11.8. The zero-order valence-corrected chi connectivity index (χ0v) is 10.6. The van der Waals surface area contributed by atoms with Crippen LogP contribution in [0.15, 0.2) is 23.1 Å². The number of rotatable bonds is 6. The normalized spacial score (nSPS) is 12.4. The highest BCUT2D eigenvalue weighted by molar-refractivity contribution is 7.80. The maximum Gasteiger partial charge on any atom is 0.334 e. The molecular formula is C11H16N2O3S. The summed E-state index contributed by atoms with van der Waals surface area (Å²) >= 11 is 4.23. The van der Waals surface area contributed by atoms with Crippen molar-refractivity contribution in [2.45, 2.75) is 26.3 Å². The van der Waals surface area contributed by atoms with E-state index in [-0.39, 0.29) is 11.6 Å². The first-order valence-electron chi connectivity index (χ1n) is 5.54. The maximum absolute atomic E-state index is 11.8. The van der Waals surface area contributed by atoms with Crippen molar-refractivity contribution < 1.29 is 4.92 Å². The molecule has 0 radical (unpaired) electrons. The van der Waals surface area contributed by atoms with Gasteiger partial charge in [-0.05, 0) is 24.2 Å². The SMILES string of the molecule is CCCC(CS)Cn1cccc([N+](=O)[O-])c1=O. The Kier molecular flexibility index (Phi) is 5.21. The van der Waals surface area contributed by atoms with Crippen LogP contribution in [-0.4, -0.2) is 15.2 Å². The second-order valence-corrected chi connectivity index (χ2v) is 4.31. The molecule has 0 spiro atoms. The molecule has 17 heavy (non-hydrogen) atoms. The standard InChI is InChI=1S/C11H16N2O3S/c1-2-4-9(8-17)7-12-6-3-5-10(11(12)14)13(15)16/h3,5-6,9,17H,2,4,7-8H2,1H3. The number of hydrogen-bond acceptors (Lipinski definition) is 4. The molecule has 0 N–H and O–H groups in total. The molecule has 1 rings (SSSR count). The predicted octanol–water partition coefficient (Wildman–Crippen LogP) is 2.10. The van der Waals surface area contributed by atoms with Gasteiger partial charge < -0.3 is 4.57 Å². The van der Waals surface area contributed by atoms with Crippen molar-refractivity contribution in [1.29, 1.82) is 0 Å².